The molecule has 2 saturated carbocycles. The van der Waals surface area contributed by atoms with E-state index in [0.29, 0.717) is 25.1 Å². The summed E-state index contributed by atoms with van der Waals surface area (Å²) in [6.45, 7) is 14.2. The SMILES string of the molecule is C#CCCC(CCC(=O)[C@@H]1C2C(CN1C(=O)[C@@H](NC(=O)NC1(CSCc3ccco3)CCCCC1)C(C)(C)C)C2(C)C)C(=O)C(=O)NCC=C. The van der Waals surface area contributed by atoms with Crippen molar-refractivity contribution < 1.29 is 28.4 Å². The maximum absolute atomic E-state index is 14.5. The van der Waals surface area contributed by atoms with Crippen molar-refractivity contribution in [3.05, 3.63) is 36.8 Å². The quantitative estimate of drug-likeness (QED) is 0.108. The molecule has 3 fully saturated rings. The predicted octanol–water partition coefficient (Wildman–Crippen LogP) is 5.66. The van der Waals surface area contributed by atoms with Gasteiger partial charge in [-0.3, -0.25) is 19.2 Å². The van der Waals surface area contributed by atoms with Gasteiger partial charge in [0.1, 0.15) is 11.8 Å². The topological polar surface area (TPSA) is 138 Å². The number of nitrogens with one attached hydrogen (secondary N) is 3. The largest absolute Gasteiger partial charge is 0.468 e. The molecule has 0 spiro atoms. The number of hydrogen-bond acceptors (Lipinski definition) is 7. The molecule has 0 aromatic carbocycles. The first-order valence-corrected chi connectivity index (χ1v) is 19.2. The number of fused-ring (bicyclic) bond motifs is 1. The van der Waals surface area contributed by atoms with Crippen LogP contribution >= 0.6 is 11.8 Å². The van der Waals surface area contributed by atoms with Crippen LogP contribution < -0.4 is 16.0 Å². The zero-order chi connectivity index (χ0) is 36.7. The molecule has 4 rings (SSSR count). The number of terminal acetylenes is 1. The van der Waals surface area contributed by atoms with Gasteiger partial charge in [-0.15, -0.1) is 18.9 Å². The molecule has 50 heavy (non-hydrogen) atoms. The fourth-order valence-corrected chi connectivity index (χ4v) is 9.17. The monoisotopic (exact) mass is 708 g/mol. The average molecular weight is 709 g/mol. The van der Waals surface area contributed by atoms with Crippen LogP contribution in [0.5, 0.6) is 0 Å². The number of likely N-dealkylation sites (tertiary alicyclic amines) is 1. The van der Waals surface area contributed by atoms with Gasteiger partial charge in [0, 0.05) is 37.6 Å². The highest BCUT2D eigenvalue weighted by Gasteiger charge is 2.69. The molecular formula is C39H56N4O6S. The van der Waals surface area contributed by atoms with E-state index in [2.05, 4.69) is 42.3 Å². The average Bonchev–Trinajstić information content (AvgIpc) is 3.49. The van der Waals surface area contributed by atoms with Crippen LogP contribution in [-0.2, 0) is 24.9 Å². The minimum absolute atomic E-state index is 0.0131. The molecule has 0 radical (unpaired) electrons. The highest BCUT2D eigenvalue weighted by Crippen LogP contribution is 2.65. The number of furan rings is 1. The van der Waals surface area contributed by atoms with Crippen LogP contribution in [0.25, 0.3) is 0 Å². The van der Waals surface area contributed by atoms with Gasteiger partial charge in [0.25, 0.3) is 5.91 Å². The smallest absolute Gasteiger partial charge is 0.315 e. The van der Waals surface area contributed by atoms with Gasteiger partial charge in [-0.1, -0.05) is 60.0 Å². The Hall–Kier alpha value is -3.52. The Labute approximate surface area is 302 Å². The highest BCUT2D eigenvalue weighted by molar-refractivity contribution is 7.98. The molecule has 11 heteroatoms. The summed E-state index contributed by atoms with van der Waals surface area (Å²) in [6.07, 6.45) is 14.3. The lowest BCUT2D eigenvalue weighted by Crippen LogP contribution is -2.62. The summed E-state index contributed by atoms with van der Waals surface area (Å²) in [5.41, 5.74) is -1.13. The van der Waals surface area contributed by atoms with Gasteiger partial charge in [0.2, 0.25) is 11.7 Å². The number of hydrogen-bond donors (Lipinski definition) is 3. The molecule has 4 amide bonds. The Morgan fingerprint density at radius 1 is 1.16 bits per heavy atom. The molecule has 10 nitrogen and oxygen atoms in total. The molecule has 5 atom stereocenters. The summed E-state index contributed by atoms with van der Waals surface area (Å²) >= 11 is 1.73. The molecule has 274 valence electrons. The number of piperidine rings is 1. The summed E-state index contributed by atoms with van der Waals surface area (Å²) in [4.78, 5) is 69.3. The second-order valence-electron chi connectivity index (χ2n) is 16.0. The third kappa shape index (κ3) is 9.42. The van der Waals surface area contributed by atoms with Gasteiger partial charge >= 0.3 is 6.03 Å². The molecule has 1 saturated heterocycles. The maximum Gasteiger partial charge on any atom is 0.315 e. The standard InChI is InChI=1S/C39H56N4O6S/c1-8-10-15-26(32(45)34(46)40-21-9-2)17-18-29(44)31-30-28(38(30,6)7)23-43(31)35(47)33(37(3,4)5)41-36(48)42-39(19-12-11-13-20-39)25-50-24-27-16-14-22-49-27/h1,9,14,16,22,26,28,30-31,33H,2,10-13,15,17-21,23-25H2,3-7H3,(H,40,46)(H2,41,42,48)/t26?,28?,30?,31-,33-/m1/s1. The second-order valence-corrected chi connectivity index (χ2v) is 17.0. The predicted molar refractivity (Wildman–Crippen MR) is 196 cm³/mol. The minimum atomic E-state index is -0.867. The number of carbonyl (C=O) groups excluding carboxylic acids is 5. The summed E-state index contributed by atoms with van der Waals surface area (Å²) < 4.78 is 5.50. The van der Waals surface area contributed by atoms with Crippen molar-refractivity contribution in [2.75, 3.05) is 18.8 Å². The molecular weight excluding hydrogens is 653 g/mol. The molecule has 2 heterocycles. The summed E-state index contributed by atoms with van der Waals surface area (Å²) in [5.74, 6) is 2.59. The third-order valence-corrected chi connectivity index (χ3v) is 12.2. The number of Topliss-reactive ketones (excluding diaryl/α,β-unsaturated/α-hetero) is 2. The van der Waals surface area contributed by atoms with Crippen molar-refractivity contribution in [2.24, 2.45) is 28.6 Å². The van der Waals surface area contributed by atoms with Crippen molar-refractivity contribution >= 4 is 41.2 Å². The van der Waals surface area contributed by atoms with E-state index in [4.69, 9.17) is 10.8 Å². The number of carbonyl (C=O) groups is 5. The minimum Gasteiger partial charge on any atom is -0.468 e. The van der Waals surface area contributed by atoms with Crippen molar-refractivity contribution in [3.63, 3.8) is 0 Å². The van der Waals surface area contributed by atoms with Gasteiger partial charge in [0.15, 0.2) is 5.78 Å². The molecule has 0 bridgehead atoms. The van der Waals surface area contributed by atoms with Crippen LogP contribution in [0, 0.1) is 40.9 Å². The number of rotatable bonds is 17. The third-order valence-electron chi connectivity index (χ3n) is 11.0. The maximum atomic E-state index is 14.5. The Morgan fingerprint density at radius 3 is 2.50 bits per heavy atom. The summed E-state index contributed by atoms with van der Waals surface area (Å²) in [6, 6.07) is 1.90. The van der Waals surface area contributed by atoms with E-state index in [0.717, 1.165) is 43.6 Å². The van der Waals surface area contributed by atoms with E-state index < -0.39 is 40.6 Å². The lowest BCUT2D eigenvalue weighted by Gasteiger charge is -2.40. The van der Waals surface area contributed by atoms with Gasteiger partial charge in [-0.25, -0.2) is 4.79 Å². The van der Waals surface area contributed by atoms with Crippen LogP contribution in [0.4, 0.5) is 4.79 Å². The van der Waals surface area contributed by atoms with Gasteiger partial charge in [0.05, 0.1) is 23.6 Å². The second kappa shape index (κ2) is 16.7. The number of thioether (sulfide) groups is 1. The Morgan fingerprint density at radius 2 is 1.88 bits per heavy atom. The van der Waals surface area contributed by atoms with E-state index in [1.165, 1.54) is 6.08 Å². The lowest BCUT2D eigenvalue weighted by atomic mass is 9.83. The van der Waals surface area contributed by atoms with E-state index >= 15 is 0 Å². The van der Waals surface area contributed by atoms with Crippen molar-refractivity contribution in [1.82, 2.24) is 20.9 Å². The Kier molecular flexibility index (Phi) is 13.1. The Bertz CT molecular complexity index is 1430. The fraction of sp³-hybridized carbons (Fsp3) is 0.667. The van der Waals surface area contributed by atoms with Crippen molar-refractivity contribution in [1.29, 1.82) is 0 Å². The number of nitrogens with zero attached hydrogens (tertiary/aromatic N) is 1. The zero-order valence-corrected chi connectivity index (χ0v) is 31.3. The lowest BCUT2D eigenvalue weighted by molar-refractivity contribution is -0.143. The van der Waals surface area contributed by atoms with Crippen LogP contribution in [0.1, 0.15) is 98.2 Å². The van der Waals surface area contributed by atoms with Crippen molar-refractivity contribution in [3.8, 4) is 12.3 Å². The van der Waals surface area contributed by atoms with Crippen molar-refractivity contribution in [2.45, 2.75) is 116 Å². The normalized spacial score (nSPS) is 23.0. The Balaban J connectivity index is 1.46. The van der Waals surface area contributed by atoms with Crippen LogP contribution in [0.2, 0.25) is 0 Å². The highest BCUT2D eigenvalue weighted by atomic mass is 32.2. The van der Waals surface area contributed by atoms with Gasteiger partial charge < -0.3 is 25.3 Å². The fourth-order valence-electron chi connectivity index (χ4n) is 7.95. The first kappa shape index (κ1) is 39.3. The van der Waals surface area contributed by atoms with Crippen LogP contribution in [-0.4, -0.2) is 70.8 Å². The molecule has 3 aliphatic rings. The van der Waals surface area contributed by atoms with E-state index in [1.807, 2.05) is 32.9 Å². The van der Waals surface area contributed by atoms with Gasteiger partial charge in [-0.2, -0.15) is 11.8 Å². The number of urea groups is 1. The number of ketones is 2. The molecule has 1 aromatic heterocycles. The van der Waals surface area contributed by atoms with Gasteiger partial charge in [-0.05, 0) is 60.5 Å². The number of amides is 4. The zero-order valence-electron chi connectivity index (χ0n) is 30.5. The molecule has 1 aliphatic heterocycles. The first-order valence-electron chi connectivity index (χ1n) is 18.0. The van der Waals surface area contributed by atoms with Crippen LogP contribution in [0.3, 0.4) is 0 Å². The molecule has 2 aliphatic carbocycles. The summed E-state index contributed by atoms with van der Waals surface area (Å²) in [7, 11) is 0. The molecule has 1 aromatic rings. The molecule has 3 unspecified atom stereocenters. The van der Waals surface area contributed by atoms with E-state index in [-0.39, 0.29) is 54.4 Å². The van der Waals surface area contributed by atoms with Crippen LogP contribution in [0.15, 0.2) is 35.5 Å². The molecule has 3 N–H and O–H groups in total. The first-order chi connectivity index (χ1) is 23.6. The van der Waals surface area contributed by atoms with E-state index in [9.17, 15) is 24.0 Å². The summed E-state index contributed by atoms with van der Waals surface area (Å²) in [5, 5.41) is 8.85. The van der Waals surface area contributed by atoms with E-state index in [1.54, 1.807) is 22.9 Å².